The Hall–Kier alpha value is -2.92. The lowest BCUT2D eigenvalue weighted by Gasteiger charge is -2.31. The van der Waals surface area contributed by atoms with Gasteiger partial charge in [0.05, 0.1) is 31.4 Å². The first-order chi connectivity index (χ1) is 12.5. The molecule has 1 fully saturated rings. The van der Waals surface area contributed by atoms with Gasteiger partial charge in [-0.3, -0.25) is 9.59 Å². The maximum atomic E-state index is 12.2. The standard InChI is InChI=1S/C18H21N3O5/c1-25-17(23)12-26-15-6-8-21(9-7-15)16(22)11-20-18(24)14-4-2-13(10-19)3-5-14/h2-5,15H,6-9,11-12H2,1H3,(H,20,24). The molecule has 0 saturated carbocycles. The van der Waals surface area contributed by atoms with E-state index >= 15 is 0 Å². The number of amides is 2. The van der Waals surface area contributed by atoms with Crippen molar-refractivity contribution in [2.24, 2.45) is 0 Å². The number of nitrogens with zero attached hydrogens (tertiary/aromatic N) is 2. The first-order valence-corrected chi connectivity index (χ1v) is 8.28. The van der Waals surface area contributed by atoms with Crippen LogP contribution in [0.3, 0.4) is 0 Å². The summed E-state index contributed by atoms with van der Waals surface area (Å²) in [5.74, 6) is -0.952. The van der Waals surface area contributed by atoms with Gasteiger partial charge in [0.2, 0.25) is 5.91 Å². The quantitative estimate of drug-likeness (QED) is 0.740. The third-order valence-corrected chi connectivity index (χ3v) is 4.14. The molecule has 26 heavy (non-hydrogen) atoms. The van der Waals surface area contributed by atoms with Crippen molar-refractivity contribution in [3.05, 3.63) is 35.4 Å². The van der Waals surface area contributed by atoms with Gasteiger partial charge in [-0.1, -0.05) is 0 Å². The number of nitrogens with one attached hydrogen (secondary N) is 1. The van der Waals surface area contributed by atoms with E-state index in [1.165, 1.54) is 7.11 Å². The van der Waals surface area contributed by atoms with Gasteiger partial charge in [0.25, 0.3) is 5.91 Å². The van der Waals surface area contributed by atoms with Gasteiger partial charge in [0.1, 0.15) is 6.61 Å². The van der Waals surface area contributed by atoms with Crippen LogP contribution >= 0.6 is 0 Å². The fraction of sp³-hybridized carbons (Fsp3) is 0.444. The summed E-state index contributed by atoms with van der Waals surface area (Å²) in [4.78, 5) is 37.0. The number of ether oxygens (including phenoxy) is 2. The number of benzene rings is 1. The van der Waals surface area contributed by atoms with Crippen LogP contribution in [-0.4, -0.2) is 62.1 Å². The molecule has 1 aliphatic heterocycles. The average Bonchev–Trinajstić information content (AvgIpc) is 2.70. The van der Waals surface area contributed by atoms with E-state index in [0.717, 1.165) is 0 Å². The van der Waals surface area contributed by atoms with Crippen molar-refractivity contribution >= 4 is 17.8 Å². The topological polar surface area (TPSA) is 109 Å². The third-order valence-electron chi connectivity index (χ3n) is 4.14. The molecule has 1 aromatic carbocycles. The van der Waals surface area contributed by atoms with Gasteiger partial charge in [-0.25, -0.2) is 4.79 Å². The van der Waals surface area contributed by atoms with Crippen LogP contribution in [0, 0.1) is 11.3 Å². The lowest BCUT2D eigenvalue weighted by molar-refractivity contribution is -0.150. The second-order valence-electron chi connectivity index (χ2n) is 5.84. The van der Waals surface area contributed by atoms with E-state index in [1.54, 1.807) is 29.2 Å². The molecule has 0 unspecified atom stereocenters. The summed E-state index contributed by atoms with van der Waals surface area (Å²) in [6, 6.07) is 8.17. The van der Waals surface area contributed by atoms with Crippen molar-refractivity contribution in [2.45, 2.75) is 18.9 Å². The van der Waals surface area contributed by atoms with Crippen molar-refractivity contribution < 1.29 is 23.9 Å². The maximum Gasteiger partial charge on any atom is 0.331 e. The predicted molar refractivity (Wildman–Crippen MR) is 91.1 cm³/mol. The Kier molecular flexibility index (Phi) is 7.12. The van der Waals surface area contributed by atoms with Crippen molar-refractivity contribution in [1.29, 1.82) is 5.26 Å². The second kappa shape index (κ2) is 9.53. The number of nitriles is 1. The van der Waals surface area contributed by atoms with Crippen molar-refractivity contribution in [2.75, 3.05) is 33.4 Å². The highest BCUT2D eigenvalue weighted by atomic mass is 16.6. The molecule has 8 heteroatoms. The third kappa shape index (κ3) is 5.57. The Labute approximate surface area is 151 Å². The molecule has 0 atom stereocenters. The monoisotopic (exact) mass is 359 g/mol. The largest absolute Gasteiger partial charge is 0.467 e. The summed E-state index contributed by atoms with van der Waals surface area (Å²) in [5, 5.41) is 11.3. The Bertz CT molecular complexity index is 688. The van der Waals surface area contributed by atoms with Gasteiger partial charge in [0, 0.05) is 18.7 Å². The molecular formula is C18H21N3O5. The van der Waals surface area contributed by atoms with Crippen LogP contribution in [-0.2, 0) is 19.1 Å². The molecule has 1 aliphatic rings. The van der Waals surface area contributed by atoms with Gasteiger partial charge in [-0.05, 0) is 37.1 Å². The highest BCUT2D eigenvalue weighted by Crippen LogP contribution is 2.13. The van der Waals surface area contributed by atoms with Crippen LogP contribution in [0.5, 0.6) is 0 Å². The summed E-state index contributed by atoms with van der Waals surface area (Å²) in [6.07, 6.45) is 1.19. The molecule has 0 bridgehead atoms. The first-order valence-electron chi connectivity index (χ1n) is 8.28. The zero-order chi connectivity index (χ0) is 18.9. The molecule has 8 nitrogen and oxygen atoms in total. The summed E-state index contributed by atoms with van der Waals surface area (Å²) >= 11 is 0. The molecule has 0 spiro atoms. The molecule has 0 aliphatic carbocycles. The zero-order valence-electron chi connectivity index (χ0n) is 14.6. The molecule has 0 radical (unpaired) electrons. The lowest BCUT2D eigenvalue weighted by Crippen LogP contribution is -2.45. The highest BCUT2D eigenvalue weighted by Gasteiger charge is 2.24. The van der Waals surface area contributed by atoms with Crippen molar-refractivity contribution in [3.63, 3.8) is 0 Å². The fourth-order valence-electron chi connectivity index (χ4n) is 2.58. The molecule has 1 aromatic rings. The number of likely N-dealkylation sites (tertiary alicyclic amines) is 1. The maximum absolute atomic E-state index is 12.2. The van der Waals surface area contributed by atoms with E-state index in [9.17, 15) is 14.4 Å². The number of carbonyl (C=O) groups is 3. The summed E-state index contributed by atoms with van der Waals surface area (Å²) in [6.45, 7) is 0.844. The number of hydrogen-bond acceptors (Lipinski definition) is 6. The fourth-order valence-corrected chi connectivity index (χ4v) is 2.58. The minimum atomic E-state index is -0.422. The number of carbonyl (C=O) groups excluding carboxylic acids is 3. The van der Waals surface area contributed by atoms with E-state index in [2.05, 4.69) is 10.1 Å². The van der Waals surface area contributed by atoms with E-state index < -0.39 is 5.97 Å². The molecule has 2 amide bonds. The van der Waals surface area contributed by atoms with Crippen LogP contribution in [0.25, 0.3) is 0 Å². The predicted octanol–water partition coefficient (Wildman–Crippen LogP) is 0.469. The summed E-state index contributed by atoms with van der Waals surface area (Å²) in [7, 11) is 1.30. The Morgan fingerprint density at radius 3 is 2.46 bits per heavy atom. The normalized spacial score (nSPS) is 14.4. The second-order valence-corrected chi connectivity index (χ2v) is 5.84. The van der Waals surface area contributed by atoms with Crippen molar-refractivity contribution in [3.8, 4) is 6.07 Å². The molecule has 1 heterocycles. The van der Waals surface area contributed by atoms with E-state index in [1.807, 2.05) is 6.07 Å². The summed E-state index contributed by atoms with van der Waals surface area (Å²) in [5.41, 5.74) is 0.863. The minimum absolute atomic E-state index is 0.0774. The molecule has 138 valence electrons. The Balaban J connectivity index is 1.72. The smallest absolute Gasteiger partial charge is 0.331 e. The molecule has 0 aromatic heterocycles. The number of esters is 1. The average molecular weight is 359 g/mol. The number of methoxy groups -OCH3 is 1. The van der Waals surface area contributed by atoms with Crippen LogP contribution in [0.4, 0.5) is 0 Å². The Morgan fingerprint density at radius 1 is 1.23 bits per heavy atom. The summed E-state index contributed by atoms with van der Waals surface area (Å²) < 4.78 is 9.95. The molecule has 1 N–H and O–H groups in total. The van der Waals surface area contributed by atoms with Crippen molar-refractivity contribution in [1.82, 2.24) is 10.2 Å². The SMILES string of the molecule is COC(=O)COC1CCN(C(=O)CNC(=O)c2ccc(C#N)cc2)CC1. The number of rotatable bonds is 6. The van der Waals surface area contributed by atoms with Crippen LogP contribution in [0.1, 0.15) is 28.8 Å². The van der Waals surface area contributed by atoms with Gasteiger partial charge in [-0.15, -0.1) is 0 Å². The molecule has 1 saturated heterocycles. The van der Waals surface area contributed by atoms with Crippen LogP contribution in [0.2, 0.25) is 0 Å². The van der Waals surface area contributed by atoms with Gasteiger partial charge >= 0.3 is 5.97 Å². The first kappa shape index (κ1) is 19.4. The zero-order valence-corrected chi connectivity index (χ0v) is 14.6. The van der Waals surface area contributed by atoms with Gasteiger partial charge < -0.3 is 19.7 Å². The number of hydrogen-bond donors (Lipinski definition) is 1. The molecular weight excluding hydrogens is 338 g/mol. The van der Waals surface area contributed by atoms with E-state index in [4.69, 9.17) is 10.00 Å². The van der Waals surface area contributed by atoms with Crippen LogP contribution in [0.15, 0.2) is 24.3 Å². The Morgan fingerprint density at radius 2 is 1.88 bits per heavy atom. The minimum Gasteiger partial charge on any atom is -0.467 e. The van der Waals surface area contributed by atoms with Crippen LogP contribution < -0.4 is 5.32 Å². The van der Waals surface area contributed by atoms with E-state index in [-0.39, 0.29) is 31.1 Å². The number of piperidine rings is 1. The highest BCUT2D eigenvalue weighted by molar-refractivity contribution is 5.96. The van der Waals surface area contributed by atoms with Gasteiger partial charge in [-0.2, -0.15) is 5.26 Å². The van der Waals surface area contributed by atoms with E-state index in [0.29, 0.717) is 37.1 Å². The lowest BCUT2D eigenvalue weighted by atomic mass is 10.1. The molecule has 2 rings (SSSR count). The van der Waals surface area contributed by atoms with Gasteiger partial charge in [0.15, 0.2) is 0 Å².